The summed E-state index contributed by atoms with van der Waals surface area (Å²) < 4.78 is 31.0. The standard InChI is InChI=1S/C11H14BrNO4S/c1-3-17-10(14)7-18(15,16)13-9-6-4-5-8(2)11(9)12/h4-6,13H,3,7H2,1-2H3. The molecule has 0 heterocycles. The second-order valence-corrected chi connectivity index (χ2v) is 6.12. The lowest BCUT2D eigenvalue weighted by Gasteiger charge is -2.10. The Bertz CT molecular complexity index is 542. The highest BCUT2D eigenvalue weighted by molar-refractivity contribution is 9.10. The summed E-state index contributed by atoms with van der Waals surface area (Å²) in [5.74, 6) is -1.46. The molecular formula is C11H14BrNO4S. The van der Waals surface area contributed by atoms with Gasteiger partial charge in [0.05, 0.1) is 12.3 Å². The Morgan fingerprint density at radius 1 is 1.44 bits per heavy atom. The van der Waals surface area contributed by atoms with Crippen molar-refractivity contribution in [1.82, 2.24) is 0 Å². The zero-order chi connectivity index (χ0) is 13.8. The molecule has 0 saturated carbocycles. The van der Waals surface area contributed by atoms with Gasteiger partial charge in [-0.25, -0.2) is 8.42 Å². The summed E-state index contributed by atoms with van der Waals surface area (Å²) in [4.78, 5) is 11.1. The number of nitrogens with one attached hydrogen (secondary N) is 1. The molecule has 1 N–H and O–H groups in total. The Morgan fingerprint density at radius 2 is 2.11 bits per heavy atom. The lowest BCUT2D eigenvalue weighted by Crippen LogP contribution is -2.24. The van der Waals surface area contributed by atoms with E-state index in [9.17, 15) is 13.2 Å². The number of aryl methyl sites for hydroxylation is 1. The number of carbonyl (C=O) groups excluding carboxylic acids is 1. The Balaban J connectivity index is 2.83. The van der Waals surface area contributed by atoms with Gasteiger partial charge in [-0.2, -0.15) is 0 Å². The van der Waals surface area contributed by atoms with E-state index >= 15 is 0 Å². The maximum absolute atomic E-state index is 11.7. The molecule has 0 radical (unpaired) electrons. The topological polar surface area (TPSA) is 72.5 Å². The van der Waals surface area contributed by atoms with Crippen molar-refractivity contribution in [1.29, 1.82) is 0 Å². The van der Waals surface area contributed by atoms with Crippen LogP contribution in [-0.2, 0) is 19.6 Å². The maximum Gasteiger partial charge on any atom is 0.323 e. The lowest BCUT2D eigenvalue weighted by molar-refractivity contribution is -0.139. The lowest BCUT2D eigenvalue weighted by atomic mass is 10.2. The van der Waals surface area contributed by atoms with Crippen LogP contribution in [0.25, 0.3) is 0 Å². The second-order valence-electron chi connectivity index (χ2n) is 3.60. The first-order chi connectivity index (χ1) is 8.35. The molecule has 5 nitrogen and oxygen atoms in total. The fraction of sp³-hybridized carbons (Fsp3) is 0.364. The number of anilines is 1. The van der Waals surface area contributed by atoms with Gasteiger partial charge < -0.3 is 4.74 Å². The van der Waals surface area contributed by atoms with Crippen molar-refractivity contribution in [3.05, 3.63) is 28.2 Å². The molecule has 0 aromatic heterocycles. The van der Waals surface area contributed by atoms with Gasteiger partial charge in [0.15, 0.2) is 5.75 Å². The van der Waals surface area contributed by atoms with E-state index in [-0.39, 0.29) is 6.61 Å². The minimum absolute atomic E-state index is 0.155. The van der Waals surface area contributed by atoms with Gasteiger partial charge in [0, 0.05) is 4.47 Å². The Morgan fingerprint density at radius 3 is 2.72 bits per heavy atom. The first kappa shape index (κ1) is 15.0. The number of sulfonamides is 1. The fourth-order valence-electron chi connectivity index (χ4n) is 1.29. The number of benzene rings is 1. The van der Waals surface area contributed by atoms with Gasteiger partial charge in [-0.05, 0) is 41.4 Å². The number of halogens is 1. The molecule has 0 atom stereocenters. The summed E-state index contributed by atoms with van der Waals surface area (Å²) in [5.41, 5.74) is 1.30. The number of ether oxygens (including phenoxy) is 1. The van der Waals surface area contributed by atoms with Gasteiger partial charge in [-0.1, -0.05) is 12.1 Å². The molecule has 7 heteroatoms. The van der Waals surface area contributed by atoms with E-state index in [0.29, 0.717) is 10.2 Å². The van der Waals surface area contributed by atoms with E-state index in [1.165, 1.54) is 0 Å². The zero-order valence-corrected chi connectivity index (χ0v) is 12.5. The quantitative estimate of drug-likeness (QED) is 0.836. The summed E-state index contributed by atoms with van der Waals surface area (Å²) in [6.07, 6.45) is 0. The molecule has 0 spiro atoms. The number of hydrogen-bond donors (Lipinski definition) is 1. The van der Waals surface area contributed by atoms with Crippen LogP contribution in [-0.4, -0.2) is 26.7 Å². The summed E-state index contributed by atoms with van der Waals surface area (Å²) in [5, 5.41) is 0. The molecule has 0 aliphatic heterocycles. The van der Waals surface area contributed by atoms with Crippen molar-refractivity contribution >= 4 is 37.6 Å². The van der Waals surface area contributed by atoms with E-state index in [0.717, 1.165) is 5.56 Å². The van der Waals surface area contributed by atoms with Crippen molar-refractivity contribution in [2.24, 2.45) is 0 Å². The first-order valence-electron chi connectivity index (χ1n) is 5.27. The number of esters is 1. The Kier molecular flexibility index (Phi) is 5.15. The van der Waals surface area contributed by atoms with Crippen LogP contribution in [0.4, 0.5) is 5.69 Å². The largest absolute Gasteiger partial charge is 0.465 e. The third kappa shape index (κ3) is 4.30. The maximum atomic E-state index is 11.7. The highest BCUT2D eigenvalue weighted by Gasteiger charge is 2.18. The smallest absolute Gasteiger partial charge is 0.323 e. The zero-order valence-electron chi connectivity index (χ0n) is 10.1. The van der Waals surface area contributed by atoms with E-state index < -0.39 is 21.7 Å². The van der Waals surface area contributed by atoms with Gasteiger partial charge in [-0.3, -0.25) is 9.52 Å². The normalized spacial score (nSPS) is 11.1. The number of carbonyl (C=O) groups is 1. The van der Waals surface area contributed by atoms with Crippen LogP contribution in [0, 0.1) is 6.92 Å². The molecule has 1 aromatic rings. The van der Waals surface area contributed by atoms with E-state index in [4.69, 9.17) is 0 Å². The van der Waals surface area contributed by atoms with Crippen molar-refractivity contribution < 1.29 is 17.9 Å². The van der Waals surface area contributed by atoms with Gasteiger partial charge in [0.2, 0.25) is 10.0 Å². The summed E-state index contributed by atoms with van der Waals surface area (Å²) in [6.45, 7) is 3.62. The highest BCUT2D eigenvalue weighted by atomic mass is 79.9. The van der Waals surface area contributed by atoms with Crippen molar-refractivity contribution in [2.45, 2.75) is 13.8 Å². The monoisotopic (exact) mass is 335 g/mol. The fourth-order valence-corrected chi connectivity index (χ4v) is 2.75. The summed E-state index contributed by atoms with van der Waals surface area (Å²) in [7, 11) is -3.75. The molecule has 0 unspecified atom stereocenters. The summed E-state index contributed by atoms with van der Waals surface area (Å²) >= 11 is 3.29. The van der Waals surface area contributed by atoms with Crippen LogP contribution in [0.15, 0.2) is 22.7 Å². The minimum atomic E-state index is -3.75. The molecule has 1 aromatic carbocycles. The predicted molar refractivity (Wildman–Crippen MR) is 72.9 cm³/mol. The third-order valence-electron chi connectivity index (χ3n) is 2.07. The summed E-state index contributed by atoms with van der Waals surface area (Å²) in [6, 6.07) is 5.18. The van der Waals surface area contributed by atoms with Gasteiger partial charge >= 0.3 is 5.97 Å². The van der Waals surface area contributed by atoms with E-state index in [2.05, 4.69) is 25.4 Å². The third-order valence-corrected chi connectivity index (χ3v) is 4.27. The average molecular weight is 336 g/mol. The first-order valence-corrected chi connectivity index (χ1v) is 7.71. The molecule has 0 aliphatic carbocycles. The molecule has 0 fully saturated rings. The Hall–Kier alpha value is -1.08. The minimum Gasteiger partial charge on any atom is -0.465 e. The molecule has 0 amide bonds. The van der Waals surface area contributed by atoms with Crippen LogP contribution >= 0.6 is 15.9 Å². The molecule has 0 saturated heterocycles. The number of rotatable bonds is 5. The van der Waals surface area contributed by atoms with Crippen LogP contribution in [0.1, 0.15) is 12.5 Å². The van der Waals surface area contributed by atoms with E-state index in [1.54, 1.807) is 19.1 Å². The molecular weight excluding hydrogens is 322 g/mol. The van der Waals surface area contributed by atoms with Crippen LogP contribution < -0.4 is 4.72 Å². The van der Waals surface area contributed by atoms with Gasteiger partial charge in [-0.15, -0.1) is 0 Å². The van der Waals surface area contributed by atoms with Gasteiger partial charge in [0.25, 0.3) is 0 Å². The highest BCUT2D eigenvalue weighted by Crippen LogP contribution is 2.26. The molecule has 1 rings (SSSR count). The van der Waals surface area contributed by atoms with Crippen molar-refractivity contribution in [3.63, 3.8) is 0 Å². The van der Waals surface area contributed by atoms with Crippen LogP contribution in [0.3, 0.4) is 0 Å². The van der Waals surface area contributed by atoms with Crippen LogP contribution in [0.5, 0.6) is 0 Å². The van der Waals surface area contributed by atoms with Gasteiger partial charge in [0.1, 0.15) is 0 Å². The molecule has 0 aliphatic rings. The SMILES string of the molecule is CCOC(=O)CS(=O)(=O)Nc1cccc(C)c1Br. The molecule has 18 heavy (non-hydrogen) atoms. The Labute approximate surface area is 115 Å². The van der Waals surface area contributed by atoms with Crippen LogP contribution in [0.2, 0.25) is 0 Å². The second kappa shape index (κ2) is 6.19. The number of hydrogen-bond acceptors (Lipinski definition) is 4. The van der Waals surface area contributed by atoms with Crippen molar-refractivity contribution in [2.75, 3.05) is 17.1 Å². The van der Waals surface area contributed by atoms with Crippen molar-refractivity contribution in [3.8, 4) is 0 Å². The molecule has 100 valence electrons. The predicted octanol–water partition coefficient (Wildman–Crippen LogP) is 2.06. The average Bonchev–Trinajstić information content (AvgIpc) is 2.24. The van der Waals surface area contributed by atoms with E-state index in [1.807, 2.05) is 13.0 Å². The molecule has 0 bridgehead atoms.